The van der Waals surface area contributed by atoms with E-state index in [-0.39, 0.29) is 5.91 Å². The Labute approximate surface area is 122 Å². The number of thiocarbonyl (C=S) groups is 1. The van der Waals surface area contributed by atoms with E-state index in [2.05, 4.69) is 18.7 Å². The number of nitrogens with zero attached hydrogens (tertiary/aromatic N) is 2. The Kier molecular flexibility index (Phi) is 6.20. The average molecular weight is 285 g/mol. The summed E-state index contributed by atoms with van der Waals surface area (Å²) in [6, 6.07) is 0. The molecule has 0 saturated carbocycles. The number of nitrogens with two attached hydrogens (primary N) is 1. The molecule has 110 valence electrons. The first-order valence-corrected chi connectivity index (χ1v) is 7.58. The Morgan fingerprint density at radius 2 is 2.05 bits per heavy atom. The summed E-state index contributed by atoms with van der Waals surface area (Å²) in [5, 5.41) is 0. The summed E-state index contributed by atoms with van der Waals surface area (Å²) >= 11 is 4.83. The van der Waals surface area contributed by atoms with E-state index in [4.69, 9.17) is 18.0 Å². The molecule has 19 heavy (non-hydrogen) atoms. The molecule has 0 unspecified atom stereocenters. The predicted octanol–water partition coefficient (Wildman–Crippen LogP) is 1.63. The van der Waals surface area contributed by atoms with E-state index in [9.17, 15) is 4.79 Å². The van der Waals surface area contributed by atoms with Crippen LogP contribution < -0.4 is 5.73 Å². The molecule has 2 N–H and O–H groups in total. The van der Waals surface area contributed by atoms with Gasteiger partial charge in [0.15, 0.2) is 0 Å². The van der Waals surface area contributed by atoms with Gasteiger partial charge in [0.2, 0.25) is 5.91 Å². The van der Waals surface area contributed by atoms with Crippen molar-refractivity contribution in [3.05, 3.63) is 0 Å². The maximum atomic E-state index is 12.1. The van der Waals surface area contributed by atoms with Crippen molar-refractivity contribution in [2.75, 3.05) is 33.2 Å². The van der Waals surface area contributed by atoms with Crippen molar-refractivity contribution in [1.82, 2.24) is 9.80 Å². The molecule has 0 spiro atoms. The van der Waals surface area contributed by atoms with Crippen molar-refractivity contribution >= 4 is 23.1 Å². The van der Waals surface area contributed by atoms with Crippen molar-refractivity contribution in [3.8, 4) is 0 Å². The van der Waals surface area contributed by atoms with E-state index < -0.39 is 0 Å². The van der Waals surface area contributed by atoms with Crippen LogP contribution in [0.15, 0.2) is 0 Å². The smallest absolute Gasteiger partial charge is 0.236 e. The molecular weight excluding hydrogens is 258 g/mol. The van der Waals surface area contributed by atoms with Gasteiger partial charge in [-0.25, -0.2) is 0 Å². The van der Waals surface area contributed by atoms with E-state index in [0.29, 0.717) is 29.9 Å². The summed E-state index contributed by atoms with van der Waals surface area (Å²) in [6.07, 6.45) is 4.21. The van der Waals surface area contributed by atoms with Gasteiger partial charge >= 0.3 is 0 Å². The summed E-state index contributed by atoms with van der Waals surface area (Å²) in [4.78, 5) is 16.6. The van der Waals surface area contributed by atoms with E-state index >= 15 is 0 Å². The van der Waals surface area contributed by atoms with Gasteiger partial charge in [0.05, 0.1) is 11.5 Å². The molecule has 0 radical (unpaired) electrons. The second-order valence-corrected chi connectivity index (χ2v) is 6.22. The second-order valence-electron chi connectivity index (χ2n) is 5.70. The highest BCUT2D eigenvalue weighted by Crippen LogP contribution is 2.36. The van der Waals surface area contributed by atoms with Crippen molar-refractivity contribution in [1.29, 1.82) is 0 Å². The first-order chi connectivity index (χ1) is 8.92. The number of likely N-dealkylation sites (N-methyl/N-ethyl adjacent to an activating group) is 1. The zero-order valence-electron chi connectivity index (χ0n) is 12.4. The van der Waals surface area contributed by atoms with Crippen LogP contribution in [0.2, 0.25) is 0 Å². The highest BCUT2D eigenvalue weighted by molar-refractivity contribution is 7.80. The molecule has 4 nitrogen and oxygen atoms in total. The molecule has 1 aliphatic rings. The lowest BCUT2D eigenvalue weighted by atomic mass is 9.82. The van der Waals surface area contributed by atoms with Crippen molar-refractivity contribution in [3.63, 3.8) is 0 Å². The molecule has 0 aromatic heterocycles. The molecule has 0 aliphatic carbocycles. The van der Waals surface area contributed by atoms with Gasteiger partial charge in [-0.05, 0) is 31.2 Å². The molecule has 1 aliphatic heterocycles. The number of carbonyl (C=O) groups is 1. The summed E-state index contributed by atoms with van der Waals surface area (Å²) in [6.45, 7) is 7.74. The van der Waals surface area contributed by atoms with E-state index in [1.807, 2.05) is 7.05 Å². The number of hydrogen-bond donors (Lipinski definition) is 1. The summed E-state index contributed by atoms with van der Waals surface area (Å²) in [5.74, 6) is 0.166. The third-order valence-electron chi connectivity index (χ3n) is 4.50. The Morgan fingerprint density at radius 3 is 2.53 bits per heavy atom. The number of rotatable bonds is 7. The van der Waals surface area contributed by atoms with Crippen LogP contribution in [0, 0.1) is 5.41 Å². The van der Waals surface area contributed by atoms with E-state index in [1.54, 1.807) is 4.90 Å². The number of hydrogen-bond acceptors (Lipinski definition) is 3. The largest absolute Gasteiger partial charge is 0.393 e. The molecule has 1 heterocycles. The predicted molar refractivity (Wildman–Crippen MR) is 83.1 cm³/mol. The Bertz CT molecular complexity index is 329. The molecule has 1 fully saturated rings. The minimum atomic E-state index is 0.166. The van der Waals surface area contributed by atoms with Gasteiger partial charge < -0.3 is 10.6 Å². The summed E-state index contributed by atoms with van der Waals surface area (Å²) in [5.41, 5.74) is 5.89. The minimum Gasteiger partial charge on any atom is -0.393 e. The molecule has 1 amide bonds. The van der Waals surface area contributed by atoms with E-state index in [0.717, 1.165) is 13.1 Å². The third kappa shape index (κ3) is 4.73. The molecule has 5 heteroatoms. The fraction of sp³-hybridized carbons (Fsp3) is 0.857. The monoisotopic (exact) mass is 285 g/mol. The molecule has 0 atom stereocenters. The highest BCUT2D eigenvalue weighted by Gasteiger charge is 2.35. The summed E-state index contributed by atoms with van der Waals surface area (Å²) in [7, 11) is 1.82. The van der Waals surface area contributed by atoms with Gasteiger partial charge in [0.1, 0.15) is 0 Å². The SMILES string of the molecule is CCC1(CC)CCN(CC(=O)N(C)CCC(N)=S)C1. The van der Waals surface area contributed by atoms with Gasteiger partial charge in [0, 0.05) is 26.6 Å². The van der Waals surface area contributed by atoms with Crippen LogP contribution >= 0.6 is 12.2 Å². The molecular formula is C14H27N3OS. The van der Waals surface area contributed by atoms with Crippen LogP contribution in [0.5, 0.6) is 0 Å². The zero-order chi connectivity index (χ0) is 14.5. The standard InChI is InChI=1S/C14H27N3OS/c1-4-14(5-2)7-9-17(11-14)10-13(18)16(3)8-6-12(15)19/h4-11H2,1-3H3,(H2,15,19). The fourth-order valence-electron chi connectivity index (χ4n) is 2.70. The Hall–Kier alpha value is -0.680. The van der Waals surface area contributed by atoms with Crippen LogP contribution in [-0.2, 0) is 4.79 Å². The number of likely N-dealkylation sites (tertiary alicyclic amines) is 1. The lowest BCUT2D eigenvalue weighted by Gasteiger charge is -2.27. The fourth-order valence-corrected chi connectivity index (χ4v) is 2.80. The quantitative estimate of drug-likeness (QED) is 0.722. The Morgan fingerprint density at radius 1 is 1.42 bits per heavy atom. The average Bonchev–Trinajstić information content (AvgIpc) is 2.79. The van der Waals surface area contributed by atoms with Crippen LogP contribution in [0.25, 0.3) is 0 Å². The van der Waals surface area contributed by atoms with Crippen molar-refractivity contribution < 1.29 is 4.79 Å². The maximum absolute atomic E-state index is 12.1. The van der Waals surface area contributed by atoms with Gasteiger partial charge in [-0.1, -0.05) is 26.1 Å². The lowest BCUT2D eigenvalue weighted by molar-refractivity contribution is -0.130. The molecule has 1 rings (SSSR count). The highest BCUT2D eigenvalue weighted by atomic mass is 32.1. The van der Waals surface area contributed by atoms with Crippen LogP contribution in [0.3, 0.4) is 0 Å². The lowest BCUT2D eigenvalue weighted by Crippen LogP contribution is -2.39. The van der Waals surface area contributed by atoms with Crippen LogP contribution in [0.4, 0.5) is 0 Å². The first-order valence-electron chi connectivity index (χ1n) is 7.17. The van der Waals surface area contributed by atoms with Gasteiger partial charge in [-0.3, -0.25) is 9.69 Å². The van der Waals surface area contributed by atoms with Gasteiger partial charge in [-0.15, -0.1) is 0 Å². The first kappa shape index (κ1) is 16.4. The normalized spacial score (nSPS) is 18.5. The maximum Gasteiger partial charge on any atom is 0.236 e. The second kappa shape index (κ2) is 7.20. The van der Waals surface area contributed by atoms with Gasteiger partial charge in [0.25, 0.3) is 0 Å². The minimum absolute atomic E-state index is 0.166. The molecule has 1 saturated heterocycles. The number of carbonyl (C=O) groups excluding carboxylic acids is 1. The van der Waals surface area contributed by atoms with Crippen molar-refractivity contribution in [2.24, 2.45) is 11.1 Å². The van der Waals surface area contributed by atoms with E-state index in [1.165, 1.54) is 19.3 Å². The molecule has 0 aromatic rings. The molecule has 0 bridgehead atoms. The van der Waals surface area contributed by atoms with Gasteiger partial charge in [-0.2, -0.15) is 0 Å². The topological polar surface area (TPSA) is 49.6 Å². The van der Waals surface area contributed by atoms with Crippen LogP contribution in [0.1, 0.15) is 39.5 Å². The summed E-state index contributed by atoms with van der Waals surface area (Å²) < 4.78 is 0. The zero-order valence-corrected chi connectivity index (χ0v) is 13.3. The van der Waals surface area contributed by atoms with Crippen molar-refractivity contribution in [2.45, 2.75) is 39.5 Å². The van der Waals surface area contributed by atoms with Crippen LogP contribution in [-0.4, -0.2) is 53.9 Å². The number of amides is 1. The Balaban J connectivity index is 2.39. The third-order valence-corrected chi connectivity index (χ3v) is 4.70. The molecule has 0 aromatic carbocycles.